The summed E-state index contributed by atoms with van der Waals surface area (Å²) in [5.74, 6) is 0.853. The van der Waals surface area contributed by atoms with E-state index in [2.05, 4.69) is 0 Å². The van der Waals surface area contributed by atoms with Crippen molar-refractivity contribution < 1.29 is 9.53 Å². The average molecular weight is 259 g/mol. The highest BCUT2D eigenvalue weighted by atomic mass is 35.5. The fourth-order valence-electron chi connectivity index (χ4n) is 1.45. The first-order valence-electron chi connectivity index (χ1n) is 5.09. The van der Waals surface area contributed by atoms with Crippen molar-refractivity contribution in [3.63, 3.8) is 0 Å². The van der Waals surface area contributed by atoms with E-state index < -0.39 is 0 Å². The van der Waals surface area contributed by atoms with Crippen LogP contribution in [0.25, 0.3) is 0 Å². The molecule has 0 saturated heterocycles. The van der Waals surface area contributed by atoms with Gasteiger partial charge >= 0.3 is 0 Å². The summed E-state index contributed by atoms with van der Waals surface area (Å²) in [5.41, 5.74) is 0.947. The first-order chi connectivity index (χ1) is 7.72. The third-order valence-electron chi connectivity index (χ3n) is 2.13. The molecule has 0 radical (unpaired) electrons. The Labute approximate surface area is 105 Å². The van der Waals surface area contributed by atoms with Crippen LogP contribution in [0.1, 0.15) is 12.5 Å². The van der Waals surface area contributed by atoms with Gasteiger partial charge in [0.05, 0.1) is 12.5 Å². The summed E-state index contributed by atoms with van der Waals surface area (Å²) in [7, 11) is 0. The van der Waals surface area contributed by atoms with Gasteiger partial charge in [-0.3, -0.25) is 4.79 Å². The second-order valence-electron chi connectivity index (χ2n) is 3.22. The predicted octanol–water partition coefficient (Wildman–Crippen LogP) is 3.16. The van der Waals surface area contributed by atoms with E-state index >= 15 is 0 Å². The van der Waals surface area contributed by atoms with E-state index in [1.807, 2.05) is 31.4 Å². The molecule has 0 aliphatic heterocycles. The van der Waals surface area contributed by atoms with Crippen molar-refractivity contribution in [1.29, 1.82) is 0 Å². The van der Waals surface area contributed by atoms with Gasteiger partial charge in [-0.2, -0.15) is 0 Å². The quantitative estimate of drug-likeness (QED) is 0.579. The monoisotopic (exact) mass is 258 g/mol. The van der Waals surface area contributed by atoms with Gasteiger partial charge in [0.1, 0.15) is 5.75 Å². The molecule has 88 valence electrons. The van der Waals surface area contributed by atoms with E-state index in [1.165, 1.54) is 0 Å². The van der Waals surface area contributed by atoms with Gasteiger partial charge in [0.2, 0.25) is 0 Å². The van der Waals surface area contributed by atoms with Crippen molar-refractivity contribution in [3.05, 3.63) is 23.8 Å². The number of alkyl halides is 1. The van der Waals surface area contributed by atoms with Gasteiger partial charge in [-0.25, -0.2) is 0 Å². The molecule has 0 aliphatic carbocycles. The lowest BCUT2D eigenvalue weighted by atomic mass is 10.1. The summed E-state index contributed by atoms with van der Waals surface area (Å²) in [6.45, 7) is 2.53. The average Bonchev–Trinajstić information content (AvgIpc) is 2.31. The van der Waals surface area contributed by atoms with Gasteiger partial charge in [-0.15, -0.1) is 23.4 Å². The Morgan fingerprint density at radius 2 is 2.25 bits per heavy atom. The highest BCUT2D eigenvalue weighted by Gasteiger charge is 2.12. The molecule has 0 unspecified atom stereocenters. The van der Waals surface area contributed by atoms with E-state index in [-0.39, 0.29) is 11.7 Å². The summed E-state index contributed by atoms with van der Waals surface area (Å²) < 4.78 is 5.52. The van der Waals surface area contributed by atoms with E-state index in [1.54, 1.807) is 11.8 Å². The van der Waals surface area contributed by atoms with E-state index in [9.17, 15) is 4.79 Å². The molecule has 0 saturated carbocycles. The maximum absolute atomic E-state index is 11.4. The number of carbonyl (C=O) groups excluding carboxylic acids is 1. The third kappa shape index (κ3) is 3.42. The minimum Gasteiger partial charge on any atom is -0.494 e. The first-order valence-corrected chi connectivity index (χ1v) is 6.85. The highest BCUT2D eigenvalue weighted by molar-refractivity contribution is 7.98. The lowest BCUT2D eigenvalue weighted by Crippen LogP contribution is -2.07. The van der Waals surface area contributed by atoms with Crippen molar-refractivity contribution >= 4 is 29.1 Å². The molecule has 0 fully saturated rings. The molecule has 2 nitrogen and oxygen atoms in total. The largest absolute Gasteiger partial charge is 0.494 e. The van der Waals surface area contributed by atoms with Gasteiger partial charge in [0.15, 0.2) is 5.78 Å². The molecule has 0 aromatic heterocycles. The van der Waals surface area contributed by atoms with Gasteiger partial charge in [-0.05, 0) is 25.3 Å². The summed E-state index contributed by atoms with van der Waals surface area (Å²) in [6.07, 6.45) is 2.33. The normalized spacial score (nSPS) is 10.2. The summed E-state index contributed by atoms with van der Waals surface area (Å²) >= 11 is 7.14. The maximum Gasteiger partial charge on any atom is 0.152 e. The van der Waals surface area contributed by atoms with Crippen molar-refractivity contribution in [2.75, 3.05) is 18.7 Å². The second kappa shape index (κ2) is 6.81. The number of ketones is 1. The third-order valence-corrected chi connectivity index (χ3v) is 3.25. The maximum atomic E-state index is 11.4. The number of hydrogen-bond acceptors (Lipinski definition) is 3. The zero-order chi connectivity index (χ0) is 12.0. The Balaban J connectivity index is 3.03. The fraction of sp³-hybridized carbons (Fsp3) is 0.417. The lowest BCUT2D eigenvalue weighted by molar-refractivity contribution is -0.116. The zero-order valence-electron chi connectivity index (χ0n) is 9.46. The van der Waals surface area contributed by atoms with Crippen LogP contribution in [0.4, 0.5) is 0 Å². The molecule has 0 heterocycles. The number of thioether (sulfide) groups is 1. The number of halogens is 1. The van der Waals surface area contributed by atoms with Crippen LogP contribution < -0.4 is 4.74 Å². The molecule has 16 heavy (non-hydrogen) atoms. The number of Topliss-reactive ketones (excluding diaryl/α,β-unsaturated/α-hetero) is 1. The summed E-state index contributed by atoms with van der Waals surface area (Å²) in [5, 5.41) is 0. The zero-order valence-corrected chi connectivity index (χ0v) is 11.0. The van der Waals surface area contributed by atoms with Crippen molar-refractivity contribution in [1.82, 2.24) is 0 Å². The van der Waals surface area contributed by atoms with Crippen LogP contribution in [0, 0.1) is 0 Å². The van der Waals surface area contributed by atoms with Crippen molar-refractivity contribution in [2.24, 2.45) is 0 Å². The van der Waals surface area contributed by atoms with Crippen LogP contribution >= 0.6 is 23.4 Å². The van der Waals surface area contributed by atoms with Gasteiger partial charge in [0.25, 0.3) is 0 Å². The number of ether oxygens (including phenoxy) is 1. The van der Waals surface area contributed by atoms with Gasteiger partial charge in [-0.1, -0.05) is 6.07 Å². The first kappa shape index (κ1) is 13.4. The van der Waals surface area contributed by atoms with Crippen molar-refractivity contribution in [2.45, 2.75) is 18.2 Å². The molecular formula is C12H15ClO2S. The molecule has 0 N–H and O–H groups in total. The Morgan fingerprint density at radius 1 is 1.50 bits per heavy atom. The Hall–Kier alpha value is -0.670. The summed E-state index contributed by atoms with van der Waals surface area (Å²) in [4.78, 5) is 12.5. The standard InChI is InChI=1S/C12H15ClO2S/c1-3-15-11-5-4-6-12(16-2)10(11)7-9(14)8-13/h4-6H,3,7-8H2,1-2H3. The van der Waals surface area contributed by atoms with Crippen molar-refractivity contribution in [3.8, 4) is 5.75 Å². The minimum atomic E-state index is 0.0177. The second-order valence-corrected chi connectivity index (χ2v) is 4.33. The molecule has 1 aromatic carbocycles. The van der Waals surface area contributed by atoms with Gasteiger partial charge in [0, 0.05) is 16.9 Å². The predicted molar refractivity (Wildman–Crippen MR) is 68.8 cm³/mol. The Morgan fingerprint density at radius 3 is 2.81 bits per heavy atom. The fourth-order valence-corrected chi connectivity index (χ4v) is 2.17. The Kier molecular flexibility index (Phi) is 5.71. The van der Waals surface area contributed by atoms with Crippen LogP contribution in [-0.2, 0) is 11.2 Å². The molecule has 0 aliphatic rings. The van der Waals surface area contributed by atoms with Crippen LogP contribution in [0.15, 0.2) is 23.1 Å². The molecular weight excluding hydrogens is 244 g/mol. The minimum absolute atomic E-state index is 0.0177. The van der Waals surface area contributed by atoms with Crippen LogP contribution in [0.5, 0.6) is 5.75 Å². The molecule has 0 atom stereocenters. The topological polar surface area (TPSA) is 26.3 Å². The van der Waals surface area contributed by atoms with Crippen LogP contribution in [-0.4, -0.2) is 24.5 Å². The summed E-state index contributed by atoms with van der Waals surface area (Å²) in [6, 6.07) is 5.82. The van der Waals surface area contributed by atoms with Crippen LogP contribution in [0.2, 0.25) is 0 Å². The molecule has 1 aromatic rings. The molecule has 0 amide bonds. The van der Waals surface area contributed by atoms with E-state index in [0.717, 1.165) is 16.2 Å². The molecule has 1 rings (SSSR count). The molecule has 4 heteroatoms. The number of carbonyl (C=O) groups is 1. The van der Waals surface area contributed by atoms with E-state index in [4.69, 9.17) is 16.3 Å². The number of rotatable bonds is 6. The smallest absolute Gasteiger partial charge is 0.152 e. The SMILES string of the molecule is CCOc1cccc(SC)c1CC(=O)CCl. The van der Waals surface area contributed by atoms with E-state index in [0.29, 0.717) is 13.0 Å². The van der Waals surface area contributed by atoms with Crippen LogP contribution in [0.3, 0.4) is 0 Å². The number of hydrogen-bond donors (Lipinski definition) is 0. The van der Waals surface area contributed by atoms with Gasteiger partial charge < -0.3 is 4.74 Å². The number of benzene rings is 1. The molecule has 0 spiro atoms. The highest BCUT2D eigenvalue weighted by Crippen LogP contribution is 2.29. The molecule has 0 bridgehead atoms. The Bertz CT molecular complexity index is 366. The lowest BCUT2D eigenvalue weighted by Gasteiger charge is -2.12.